The standard InChI is InChI=1S/C43H59N13O8S2/c1-23(51-36(58)28(44)21-65)35(57)53-33(18-26-20-47-22-50-26)39(61)54-31(16-24-10-5-4-6-11-24)38(60)52-30(14-9-15-48-42(45)46)37(59)55-32(40(62)56-34(41(63)64)43(2,3)66)17-25-19-49-29-13-8-7-12-27(25)29/h4-8,10-13,19-20,22-23,28,30-34,49,65-66H,9,14-18,21,44H2,1-3H3,(H,47,50)(H,51,58)(H,52,60)(H,53,57)(H,54,61)(H,55,59)(H,56,62)(H,63,64)(H4,45,46,48)/t23-,28+,30+,31-,32+,33+,34-/m1/s1. The van der Waals surface area contributed by atoms with Crippen LogP contribution in [0.4, 0.5) is 0 Å². The Hall–Kier alpha value is -6.59. The summed E-state index contributed by atoms with van der Waals surface area (Å²) in [6, 6.07) is 7.02. The van der Waals surface area contributed by atoms with Gasteiger partial charge in [-0.3, -0.25) is 34.2 Å². The molecule has 0 saturated carbocycles. The monoisotopic (exact) mass is 949 g/mol. The molecule has 0 aliphatic rings. The van der Waals surface area contributed by atoms with E-state index in [9.17, 15) is 38.7 Å². The first-order valence-corrected chi connectivity index (χ1v) is 22.1. The van der Waals surface area contributed by atoms with Crippen molar-refractivity contribution < 1.29 is 38.7 Å². The van der Waals surface area contributed by atoms with Crippen LogP contribution in [-0.2, 0) is 52.8 Å². The number of hydrogen-bond acceptors (Lipinski definition) is 12. The highest BCUT2D eigenvalue weighted by molar-refractivity contribution is 7.81. The summed E-state index contributed by atoms with van der Waals surface area (Å²) in [6.07, 6.45) is 4.43. The summed E-state index contributed by atoms with van der Waals surface area (Å²) in [5, 5.41) is 36.8. The lowest BCUT2D eigenvalue weighted by molar-refractivity contribution is -0.143. The molecule has 2 aromatic carbocycles. The number of imidazole rings is 1. The van der Waals surface area contributed by atoms with Crippen LogP contribution in [0.25, 0.3) is 10.9 Å². The van der Waals surface area contributed by atoms with Crippen molar-refractivity contribution in [1.29, 1.82) is 5.41 Å². The van der Waals surface area contributed by atoms with E-state index in [0.717, 1.165) is 10.9 Å². The van der Waals surface area contributed by atoms with E-state index in [1.165, 1.54) is 33.3 Å². The number of nitrogens with one attached hydrogen (secondary N) is 10. The second kappa shape index (κ2) is 24.6. The van der Waals surface area contributed by atoms with Crippen molar-refractivity contribution in [3.8, 4) is 0 Å². The molecule has 0 aliphatic heterocycles. The summed E-state index contributed by atoms with van der Waals surface area (Å²) in [5.41, 5.74) is 13.7. The normalized spacial score (nSPS) is 14.5. The number of fused-ring (bicyclic) bond motifs is 1. The molecule has 4 rings (SSSR count). The van der Waals surface area contributed by atoms with Gasteiger partial charge in [-0.25, -0.2) is 9.78 Å². The number of nitrogens with zero attached hydrogens (tertiary/aromatic N) is 1. The number of carboxylic acids is 1. The number of carbonyl (C=O) groups excluding carboxylic acids is 6. The molecule has 66 heavy (non-hydrogen) atoms. The summed E-state index contributed by atoms with van der Waals surface area (Å²) < 4.78 is -1.22. The summed E-state index contributed by atoms with van der Waals surface area (Å²) in [6.45, 7) is 4.57. The fraction of sp³-hybridized carbons (Fsp3) is 0.419. The van der Waals surface area contributed by atoms with Gasteiger partial charge in [0.25, 0.3) is 0 Å². The molecule has 0 spiro atoms. The maximum absolute atomic E-state index is 14.5. The quantitative estimate of drug-likeness (QED) is 0.0167. The van der Waals surface area contributed by atoms with Crippen LogP contribution in [-0.4, -0.2) is 127 Å². The van der Waals surface area contributed by atoms with Gasteiger partial charge in [-0.1, -0.05) is 48.5 Å². The van der Waals surface area contributed by atoms with Crippen LogP contribution in [0.15, 0.2) is 73.3 Å². The molecule has 356 valence electrons. The van der Waals surface area contributed by atoms with E-state index < -0.39 is 88.5 Å². The Labute approximate surface area is 392 Å². The molecule has 15 N–H and O–H groups in total. The van der Waals surface area contributed by atoms with Crippen LogP contribution < -0.4 is 48.7 Å². The van der Waals surface area contributed by atoms with Crippen LogP contribution in [0, 0.1) is 5.41 Å². The summed E-state index contributed by atoms with van der Waals surface area (Å²) >= 11 is 8.41. The van der Waals surface area contributed by atoms with Crippen molar-refractivity contribution in [2.24, 2.45) is 11.5 Å². The number of amides is 6. The predicted molar refractivity (Wildman–Crippen MR) is 253 cm³/mol. The zero-order valence-corrected chi connectivity index (χ0v) is 38.5. The zero-order valence-electron chi connectivity index (χ0n) is 36.7. The molecule has 0 saturated heterocycles. The second-order valence-corrected chi connectivity index (χ2v) is 17.7. The van der Waals surface area contributed by atoms with Crippen molar-refractivity contribution in [3.05, 3.63) is 90.1 Å². The Bertz CT molecular complexity index is 2310. The lowest BCUT2D eigenvalue weighted by Gasteiger charge is -2.30. The van der Waals surface area contributed by atoms with Gasteiger partial charge in [0.2, 0.25) is 35.4 Å². The van der Waals surface area contributed by atoms with Crippen LogP contribution >= 0.6 is 25.3 Å². The molecule has 7 atom stereocenters. The first-order chi connectivity index (χ1) is 31.3. The number of guanidine groups is 1. The van der Waals surface area contributed by atoms with Crippen molar-refractivity contribution in [1.82, 2.24) is 52.2 Å². The summed E-state index contributed by atoms with van der Waals surface area (Å²) in [7, 11) is 0. The highest BCUT2D eigenvalue weighted by atomic mass is 32.1. The van der Waals surface area contributed by atoms with Crippen molar-refractivity contribution in [2.45, 2.75) is 99.9 Å². The Kier molecular flexibility index (Phi) is 19.4. The topological polar surface area (TPSA) is 344 Å². The molecule has 0 unspecified atom stereocenters. The molecular weight excluding hydrogens is 891 g/mol. The molecule has 0 radical (unpaired) electrons. The number of thiol groups is 2. The number of para-hydroxylation sites is 1. The minimum atomic E-state index is -1.47. The van der Waals surface area contributed by atoms with Gasteiger partial charge < -0.3 is 63.8 Å². The SMILES string of the molecule is C[C@@H](NC(=O)[C@@H](N)CS)C(=O)N[C@@H](Cc1c[nH]cn1)C(=O)N[C@H](Cc1ccccc1)C(=O)N[C@@H](CCCNC(=N)N)C(=O)N[C@@H](Cc1c[nH]c2ccccc12)C(=O)N[C@H](C(=O)O)C(C)(C)S. The lowest BCUT2D eigenvalue weighted by Crippen LogP contribution is -2.61. The number of carbonyl (C=O) groups is 7. The third-order valence-corrected chi connectivity index (χ3v) is 11.0. The lowest BCUT2D eigenvalue weighted by atomic mass is 10.00. The second-order valence-electron chi connectivity index (χ2n) is 16.2. The molecule has 2 heterocycles. The maximum Gasteiger partial charge on any atom is 0.327 e. The van der Waals surface area contributed by atoms with E-state index in [4.69, 9.17) is 16.9 Å². The smallest absolute Gasteiger partial charge is 0.327 e. The Morgan fingerprint density at radius 3 is 1.95 bits per heavy atom. The number of H-pyrrole nitrogens is 2. The molecule has 0 fully saturated rings. The number of aliphatic carboxylic acids is 1. The third-order valence-electron chi connectivity index (χ3n) is 10.4. The first-order valence-electron chi connectivity index (χ1n) is 21.1. The summed E-state index contributed by atoms with van der Waals surface area (Å²) in [4.78, 5) is 105. The Balaban J connectivity index is 1.65. The van der Waals surface area contributed by atoms with Crippen LogP contribution in [0.5, 0.6) is 0 Å². The average molecular weight is 950 g/mol. The van der Waals surface area contributed by atoms with Crippen LogP contribution in [0.1, 0.15) is 50.4 Å². The minimum Gasteiger partial charge on any atom is -0.480 e. The predicted octanol–water partition coefficient (Wildman–Crippen LogP) is -0.839. The summed E-state index contributed by atoms with van der Waals surface area (Å²) in [5.74, 6) is -6.26. The average Bonchev–Trinajstić information content (AvgIpc) is 3.95. The van der Waals surface area contributed by atoms with Gasteiger partial charge in [-0.15, -0.1) is 0 Å². The Morgan fingerprint density at radius 1 is 0.773 bits per heavy atom. The molecule has 2 aromatic heterocycles. The number of carboxylic acid groups (broad SMARTS) is 1. The molecule has 0 bridgehead atoms. The van der Waals surface area contributed by atoms with Crippen LogP contribution in [0.3, 0.4) is 0 Å². The van der Waals surface area contributed by atoms with Gasteiger partial charge >= 0.3 is 5.97 Å². The van der Waals surface area contributed by atoms with Crippen LogP contribution in [0.2, 0.25) is 0 Å². The number of hydrogen-bond donors (Lipinski definition) is 15. The molecule has 23 heteroatoms. The van der Waals surface area contributed by atoms with E-state index in [0.29, 0.717) is 16.8 Å². The highest BCUT2D eigenvalue weighted by Gasteiger charge is 2.37. The highest BCUT2D eigenvalue weighted by Crippen LogP contribution is 2.21. The largest absolute Gasteiger partial charge is 0.480 e. The fourth-order valence-electron chi connectivity index (χ4n) is 6.77. The number of aromatic nitrogens is 3. The van der Waals surface area contributed by atoms with E-state index in [2.05, 4.69) is 77.4 Å². The molecule has 6 amide bonds. The van der Waals surface area contributed by atoms with E-state index in [1.807, 2.05) is 18.2 Å². The van der Waals surface area contributed by atoms with Crippen molar-refractivity contribution in [2.75, 3.05) is 12.3 Å². The van der Waals surface area contributed by atoms with Gasteiger partial charge in [0, 0.05) is 59.6 Å². The van der Waals surface area contributed by atoms with Gasteiger partial charge in [0.1, 0.15) is 36.3 Å². The van der Waals surface area contributed by atoms with Gasteiger partial charge in [-0.05, 0) is 50.8 Å². The fourth-order valence-corrected chi connectivity index (χ4v) is 7.11. The zero-order chi connectivity index (χ0) is 48.6. The molecular formula is C43H59N13O8S2. The number of nitrogens with two attached hydrogens (primary N) is 2. The molecule has 0 aliphatic carbocycles. The number of aromatic amines is 2. The molecule has 4 aromatic rings. The van der Waals surface area contributed by atoms with Crippen molar-refractivity contribution >= 4 is 83.5 Å². The first kappa shape index (κ1) is 52.0. The number of benzene rings is 2. The number of rotatable bonds is 25. The van der Waals surface area contributed by atoms with E-state index in [-0.39, 0.29) is 50.4 Å². The maximum atomic E-state index is 14.5. The third kappa shape index (κ3) is 15.8. The van der Waals surface area contributed by atoms with E-state index in [1.54, 1.807) is 42.6 Å². The Morgan fingerprint density at radius 2 is 1.35 bits per heavy atom. The van der Waals surface area contributed by atoms with Gasteiger partial charge in [0.15, 0.2) is 5.96 Å². The van der Waals surface area contributed by atoms with E-state index >= 15 is 0 Å². The minimum absolute atomic E-state index is 0.0239. The van der Waals surface area contributed by atoms with Crippen molar-refractivity contribution in [3.63, 3.8) is 0 Å². The molecule has 21 nitrogen and oxygen atoms in total. The van der Waals surface area contributed by atoms with Gasteiger partial charge in [-0.2, -0.15) is 25.3 Å². The van der Waals surface area contributed by atoms with Gasteiger partial charge in [0.05, 0.1) is 18.1 Å².